The standard InChI is InChI=1S/C13H19N3/c14-13-4-2-1-3-10(13)5-6-16-8-11-7-12(9-16)15-11/h1-4,11-12,15H,5-9,14H2. The van der Waals surface area contributed by atoms with Crippen LogP contribution in [0.15, 0.2) is 24.3 Å². The van der Waals surface area contributed by atoms with E-state index < -0.39 is 0 Å². The van der Waals surface area contributed by atoms with Crippen molar-refractivity contribution in [3.8, 4) is 0 Å². The highest BCUT2D eigenvalue weighted by Crippen LogP contribution is 2.21. The molecule has 0 radical (unpaired) electrons. The highest BCUT2D eigenvalue weighted by molar-refractivity contribution is 5.46. The topological polar surface area (TPSA) is 41.3 Å². The first-order valence-electron chi connectivity index (χ1n) is 6.13. The number of piperazine rings is 1. The lowest BCUT2D eigenvalue weighted by molar-refractivity contribution is 0.0790. The summed E-state index contributed by atoms with van der Waals surface area (Å²) < 4.78 is 0. The van der Waals surface area contributed by atoms with Gasteiger partial charge >= 0.3 is 0 Å². The Bertz CT molecular complexity index is 361. The van der Waals surface area contributed by atoms with Crippen molar-refractivity contribution < 1.29 is 0 Å². The maximum atomic E-state index is 5.94. The lowest BCUT2D eigenvalue weighted by Gasteiger charge is -2.48. The average Bonchev–Trinajstić information content (AvgIpc) is 2.27. The molecule has 3 heterocycles. The van der Waals surface area contributed by atoms with Gasteiger partial charge in [0.05, 0.1) is 0 Å². The number of nitrogen functional groups attached to an aromatic ring is 1. The summed E-state index contributed by atoms with van der Waals surface area (Å²) in [6.07, 6.45) is 2.45. The van der Waals surface area contributed by atoms with E-state index in [1.165, 1.54) is 25.1 Å². The van der Waals surface area contributed by atoms with Crippen molar-refractivity contribution >= 4 is 5.69 Å². The highest BCUT2D eigenvalue weighted by atomic mass is 15.3. The van der Waals surface area contributed by atoms with E-state index in [0.717, 1.165) is 30.7 Å². The quantitative estimate of drug-likeness (QED) is 0.738. The van der Waals surface area contributed by atoms with E-state index >= 15 is 0 Å². The summed E-state index contributed by atoms with van der Waals surface area (Å²) in [7, 11) is 0. The predicted octanol–water partition coefficient (Wildman–Crippen LogP) is 0.857. The van der Waals surface area contributed by atoms with Crippen molar-refractivity contribution in [2.45, 2.75) is 24.9 Å². The first-order valence-corrected chi connectivity index (χ1v) is 6.13. The van der Waals surface area contributed by atoms with Gasteiger partial charge in [0.15, 0.2) is 0 Å². The molecule has 2 unspecified atom stereocenters. The van der Waals surface area contributed by atoms with Crippen molar-refractivity contribution in [2.24, 2.45) is 0 Å². The molecule has 3 fully saturated rings. The predicted molar refractivity (Wildman–Crippen MR) is 66.3 cm³/mol. The van der Waals surface area contributed by atoms with Gasteiger partial charge in [0.1, 0.15) is 0 Å². The molecular formula is C13H19N3. The number of nitrogens with zero attached hydrogens (tertiary/aromatic N) is 1. The summed E-state index contributed by atoms with van der Waals surface area (Å²) in [5, 5.41) is 3.55. The van der Waals surface area contributed by atoms with Gasteiger partial charge in [0.2, 0.25) is 0 Å². The van der Waals surface area contributed by atoms with E-state index in [1.54, 1.807) is 0 Å². The van der Waals surface area contributed by atoms with E-state index in [1.807, 2.05) is 12.1 Å². The number of hydrogen-bond donors (Lipinski definition) is 2. The Kier molecular flexibility index (Phi) is 2.58. The number of benzene rings is 1. The zero-order valence-corrected chi connectivity index (χ0v) is 9.52. The maximum Gasteiger partial charge on any atom is 0.0347 e. The third kappa shape index (κ3) is 1.93. The fraction of sp³-hybridized carbons (Fsp3) is 0.538. The Balaban J connectivity index is 1.55. The molecule has 0 spiro atoms. The molecule has 0 saturated carbocycles. The summed E-state index contributed by atoms with van der Waals surface area (Å²) in [5.74, 6) is 0. The Labute approximate surface area is 96.6 Å². The van der Waals surface area contributed by atoms with Gasteiger partial charge in [0.25, 0.3) is 0 Å². The first kappa shape index (κ1) is 10.1. The van der Waals surface area contributed by atoms with Gasteiger partial charge in [-0.1, -0.05) is 18.2 Å². The average molecular weight is 217 g/mol. The van der Waals surface area contributed by atoms with Crippen LogP contribution in [0, 0.1) is 0 Å². The van der Waals surface area contributed by atoms with Gasteiger partial charge in [-0.2, -0.15) is 0 Å². The smallest absolute Gasteiger partial charge is 0.0347 e. The Hall–Kier alpha value is -1.06. The third-order valence-electron chi connectivity index (χ3n) is 3.75. The van der Waals surface area contributed by atoms with Gasteiger partial charge in [-0.3, -0.25) is 4.90 Å². The van der Waals surface area contributed by atoms with Crippen LogP contribution in [-0.2, 0) is 6.42 Å². The molecule has 16 heavy (non-hydrogen) atoms. The summed E-state index contributed by atoms with van der Waals surface area (Å²) in [4.78, 5) is 2.56. The Morgan fingerprint density at radius 2 is 1.94 bits per heavy atom. The largest absolute Gasteiger partial charge is 0.399 e. The number of nitrogens with one attached hydrogen (secondary N) is 1. The molecule has 0 aliphatic carbocycles. The van der Waals surface area contributed by atoms with Crippen LogP contribution >= 0.6 is 0 Å². The molecule has 3 heteroatoms. The second-order valence-corrected chi connectivity index (χ2v) is 5.00. The summed E-state index contributed by atoms with van der Waals surface area (Å²) >= 11 is 0. The molecule has 3 saturated heterocycles. The lowest BCUT2D eigenvalue weighted by Crippen LogP contribution is -2.66. The van der Waals surface area contributed by atoms with E-state index in [0.29, 0.717) is 0 Å². The van der Waals surface area contributed by atoms with Crippen LogP contribution in [0.1, 0.15) is 12.0 Å². The van der Waals surface area contributed by atoms with Crippen LogP contribution < -0.4 is 11.1 Å². The molecular weight excluding hydrogens is 198 g/mol. The number of hydrogen-bond acceptors (Lipinski definition) is 3. The highest BCUT2D eigenvalue weighted by Gasteiger charge is 2.35. The zero-order valence-electron chi connectivity index (χ0n) is 9.52. The van der Waals surface area contributed by atoms with Crippen molar-refractivity contribution in [3.05, 3.63) is 29.8 Å². The molecule has 3 N–H and O–H groups in total. The van der Waals surface area contributed by atoms with Gasteiger partial charge < -0.3 is 11.1 Å². The number of piperidine rings is 1. The zero-order chi connectivity index (χ0) is 11.0. The van der Waals surface area contributed by atoms with Crippen LogP contribution in [-0.4, -0.2) is 36.6 Å². The molecule has 3 nitrogen and oxygen atoms in total. The van der Waals surface area contributed by atoms with Gasteiger partial charge in [-0.15, -0.1) is 0 Å². The number of para-hydroxylation sites is 1. The summed E-state index contributed by atoms with van der Waals surface area (Å²) in [6, 6.07) is 9.71. The lowest BCUT2D eigenvalue weighted by atomic mass is 9.91. The molecule has 2 atom stereocenters. The van der Waals surface area contributed by atoms with Crippen LogP contribution in [0.25, 0.3) is 0 Å². The number of anilines is 1. The summed E-state index contributed by atoms with van der Waals surface area (Å²) in [6.45, 7) is 3.56. The molecule has 3 aliphatic heterocycles. The fourth-order valence-electron chi connectivity index (χ4n) is 2.83. The molecule has 2 bridgehead atoms. The van der Waals surface area contributed by atoms with E-state index in [9.17, 15) is 0 Å². The van der Waals surface area contributed by atoms with Crippen molar-refractivity contribution in [1.29, 1.82) is 0 Å². The Morgan fingerprint density at radius 1 is 1.25 bits per heavy atom. The number of nitrogens with two attached hydrogens (primary N) is 1. The van der Waals surface area contributed by atoms with Crippen LogP contribution in [0.2, 0.25) is 0 Å². The van der Waals surface area contributed by atoms with E-state index in [2.05, 4.69) is 22.3 Å². The van der Waals surface area contributed by atoms with Gasteiger partial charge in [-0.25, -0.2) is 0 Å². The van der Waals surface area contributed by atoms with Gasteiger partial charge in [-0.05, 0) is 24.5 Å². The minimum absolute atomic E-state index is 0.756. The molecule has 4 rings (SSSR count). The van der Waals surface area contributed by atoms with Crippen LogP contribution in [0.4, 0.5) is 5.69 Å². The first-order chi connectivity index (χ1) is 7.81. The monoisotopic (exact) mass is 217 g/mol. The molecule has 0 amide bonds. The molecule has 1 aromatic rings. The second kappa shape index (κ2) is 4.07. The Morgan fingerprint density at radius 3 is 2.62 bits per heavy atom. The van der Waals surface area contributed by atoms with Crippen LogP contribution in [0.3, 0.4) is 0 Å². The molecule has 3 aliphatic rings. The SMILES string of the molecule is Nc1ccccc1CCN1CC2CC(C1)N2. The second-order valence-electron chi connectivity index (χ2n) is 5.00. The third-order valence-corrected chi connectivity index (χ3v) is 3.75. The maximum absolute atomic E-state index is 5.94. The minimum Gasteiger partial charge on any atom is -0.399 e. The molecule has 1 aromatic carbocycles. The number of rotatable bonds is 3. The molecule has 0 aromatic heterocycles. The fourth-order valence-corrected chi connectivity index (χ4v) is 2.83. The van der Waals surface area contributed by atoms with Crippen molar-refractivity contribution in [3.63, 3.8) is 0 Å². The van der Waals surface area contributed by atoms with Crippen molar-refractivity contribution in [2.75, 3.05) is 25.4 Å². The van der Waals surface area contributed by atoms with E-state index in [-0.39, 0.29) is 0 Å². The van der Waals surface area contributed by atoms with Gasteiger partial charge in [0, 0.05) is 37.4 Å². The normalized spacial score (nSPS) is 28.8. The molecule has 86 valence electrons. The number of fused-ring (bicyclic) bond motifs is 2. The van der Waals surface area contributed by atoms with Crippen molar-refractivity contribution in [1.82, 2.24) is 10.2 Å². The van der Waals surface area contributed by atoms with E-state index in [4.69, 9.17) is 5.73 Å². The van der Waals surface area contributed by atoms with Crippen LogP contribution in [0.5, 0.6) is 0 Å². The summed E-state index contributed by atoms with van der Waals surface area (Å²) in [5.41, 5.74) is 8.16. The minimum atomic E-state index is 0.756.